The van der Waals surface area contributed by atoms with Crippen LogP contribution < -0.4 is 15.4 Å². The third kappa shape index (κ3) is 5.36. The number of thiophene rings is 1. The maximum absolute atomic E-state index is 12.6. The highest BCUT2D eigenvalue weighted by Gasteiger charge is 2.53. The number of carbonyl (C=O) groups is 3. The molecule has 0 bridgehead atoms. The Morgan fingerprint density at radius 1 is 1.33 bits per heavy atom. The molecule has 0 radical (unpaired) electrons. The lowest BCUT2D eigenvalue weighted by Gasteiger charge is -2.49. The summed E-state index contributed by atoms with van der Waals surface area (Å²) < 4.78 is 31.1. The first-order chi connectivity index (χ1) is 13.9. The van der Waals surface area contributed by atoms with Gasteiger partial charge in [0, 0.05) is 6.42 Å². The number of nitrogens with zero attached hydrogens (tertiary/aromatic N) is 1. The van der Waals surface area contributed by atoms with E-state index in [0.717, 1.165) is 6.26 Å². The van der Waals surface area contributed by atoms with Crippen LogP contribution in [0.5, 0.6) is 0 Å². The standard InChI is InChI=1S/C18H26N4O6S2/c1-17(2,21-30(3,26)27)16(25)22-10-18(11-22)7-12(9-28-18)20-14(23)8-19-15(24)13-5-4-6-29-13/h4-6,12,21H,7-11H2,1-3H3,(H,19,24)(H,20,23). The topological polar surface area (TPSA) is 134 Å². The first kappa shape index (κ1) is 22.7. The number of sulfonamides is 1. The average molecular weight is 459 g/mol. The molecule has 1 atom stereocenters. The summed E-state index contributed by atoms with van der Waals surface area (Å²) in [6, 6.07) is 3.23. The monoisotopic (exact) mass is 458 g/mol. The van der Waals surface area contributed by atoms with Gasteiger partial charge in [-0.2, -0.15) is 0 Å². The fraction of sp³-hybridized carbons (Fsp3) is 0.611. The van der Waals surface area contributed by atoms with Crippen molar-refractivity contribution in [3.63, 3.8) is 0 Å². The van der Waals surface area contributed by atoms with E-state index in [-0.39, 0.29) is 30.3 Å². The van der Waals surface area contributed by atoms with Crippen LogP contribution in [0.25, 0.3) is 0 Å². The minimum atomic E-state index is -3.53. The fourth-order valence-electron chi connectivity index (χ4n) is 3.79. The van der Waals surface area contributed by atoms with Crippen molar-refractivity contribution in [2.45, 2.75) is 37.5 Å². The van der Waals surface area contributed by atoms with Gasteiger partial charge in [-0.15, -0.1) is 11.3 Å². The second-order valence-corrected chi connectivity index (χ2v) is 11.0. The molecule has 0 saturated carbocycles. The molecule has 0 aliphatic carbocycles. The summed E-state index contributed by atoms with van der Waals surface area (Å²) in [5, 5.41) is 7.20. The number of hydrogen-bond acceptors (Lipinski definition) is 7. The maximum atomic E-state index is 12.6. The predicted molar refractivity (Wildman–Crippen MR) is 111 cm³/mol. The van der Waals surface area contributed by atoms with E-state index in [1.165, 1.54) is 25.2 Å². The van der Waals surface area contributed by atoms with Crippen LogP contribution in [-0.2, 0) is 24.3 Å². The van der Waals surface area contributed by atoms with Crippen molar-refractivity contribution < 1.29 is 27.5 Å². The SMILES string of the molecule is CC(C)(NS(C)(=O)=O)C(=O)N1CC2(CC(NC(=O)CNC(=O)c3cccs3)CO2)C1. The molecule has 2 aliphatic heterocycles. The molecule has 3 amide bonds. The van der Waals surface area contributed by atoms with Crippen LogP contribution in [0.1, 0.15) is 29.9 Å². The largest absolute Gasteiger partial charge is 0.369 e. The molecule has 12 heteroatoms. The van der Waals surface area contributed by atoms with Crippen LogP contribution in [-0.4, -0.2) is 80.7 Å². The number of ether oxygens (including phenoxy) is 1. The Bertz CT molecular complexity index is 922. The molecule has 2 saturated heterocycles. The molecule has 3 heterocycles. The molecule has 1 spiro atoms. The van der Waals surface area contributed by atoms with E-state index >= 15 is 0 Å². The lowest BCUT2D eigenvalue weighted by molar-refractivity contribution is -0.162. The van der Waals surface area contributed by atoms with E-state index in [2.05, 4.69) is 15.4 Å². The smallest absolute Gasteiger partial charge is 0.261 e. The molecule has 2 fully saturated rings. The van der Waals surface area contributed by atoms with Crippen LogP contribution in [0, 0.1) is 0 Å². The Balaban J connectivity index is 1.43. The van der Waals surface area contributed by atoms with Gasteiger partial charge in [0.1, 0.15) is 11.1 Å². The second-order valence-electron chi connectivity index (χ2n) is 8.28. The molecule has 3 N–H and O–H groups in total. The number of amides is 3. The molecule has 0 aromatic carbocycles. The molecule has 1 unspecified atom stereocenters. The summed E-state index contributed by atoms with van der Waals surface area (Å²) >= 11 is 1.30. The minimum absolute atomic E-state index is 0.129. The summed E-state index contributed by atoms with van der Waals surface area (Å²) in [4.78, 5) is 38.7. The molecule has 166 valence electrons. The molecular weight excluding hydrogens is 432 g/mol. The van der Waals surface area contributed by atoms with Gasteiger partial charge in [-0.3, -0.25) is 14.4 Å². The second kappa shape index (κ2) is 8.25. The number of carbonyl (C=O) groups excluding carboxylic acids is 3. The molecule has 1 aromatic rings. The van der Waals surface area contributed by atoms with Crippen molar-refractivity contribution in [1.82, 2.24) is 20.3 Å². The summed E-state index contributed by atoms with van der Waals surface area (Å²) in [5.74, 6) is -0.931. The van der Waals surface area contributed by atoms with Gasteiger partial charge in [-0.05, 0) is 25.3 Å². The van der Waals surface area contributed by atoms with E-state index in [9.17, 15) is 22.8 Å². The highest BCUT2D eigenvalue weighted by Crippen LogP contribution is 2.36. The van der Waals surface area contributed by atoms with Gasteiger partial charge in [0.05, 0.1) is 43.4 Å². The van der Waals surface area contributed by atoms with E-state index in [1.54, 1.807) is 22.4 Å². The number of nitrogens with one attached hydrogen (secondary N) is 3. The van der Waals surface area contributed by atoms with Gasteiger partial charge in [0.2, 0.25) is 21.8 Å². The van der Waals surface area contributed by atoms with Crippen molar-refractivity contribution in [2.24, 2.45) is 0 Å². The zero-order valence-electron chi connectivity index (χ0n) is 17.1. The fourth-order valence-corrected chi connectivity index (χ4v) is 5.44. The van der Waals surface area contributed by atoms with Crippen LogP contribution >= 0.6 is 11.3 Å². The first-order valence-corrected chi connectivity index (χ1v) is 12.2. The molecule has 30 heavy (non-hydrogen) atoms. The number of rotatable bonds is 7. The first-order valence-electron chi connectivity index (χ1n) is 9.43. The Labute approximate surface area is 179 Å². The zero-order valence-corrected chi connectivity index (χ0v) is 18.7. The highest BCUT2D eigenvalue weighted by molar-refractivity contribution is 7.88. The molecule has 10 nitrogen and oxygen atoms in total. The summed E-state index contributed by atoms with van der Waals surface area (Å²) in [5.41, 5.74) is -1.78. The van der Waals surface area contributed by atoms with Crippen LogP contribution in [0.4, 0.5) is 0 Å². The molecule has 1 aromatic heterocycles. The minimum Gasteiger partial charge on any atom is -0.369 e. The van der Waals surface area contributed by atoms with Crippen molar-refractivity contribution in [1.29, 1.82) is 0 Å². The summed E-state index contributed by atoms with van der Waals surface area (Å²) in [7, 11) is -3.53. The van der Waals surface area contributed by atoms with E-state index in [0.29, 0.717) is 31.0 Å². The van der Waals surface area contributed by atoms with E-state index < -0.39 is 21.2 Å². The molecule has 3 rings (SSSR count). The number of likely N-dealkylation sites (tertiary alicyclic amines) is 1. The van der Waals surface area contributed by atoms with Gasteiger partial charge in [-0.1, -0.05) is 6.07 Å². The van der Waals surface area contributed by atoms with Crippen LogP contribution in [0.15, 0.2) is 17.5 Å². The Hall–Kier alpha value is -2.02. The third-order valence-electron chi connectivity index (χ3n) is 4.95. The zero-order chi connectivity index (χ0) is 22.2. The summed E-state index contributed by atoms with van der Waals surface area (Å²) in [6.45, 7) is 3.90. The van der Waals surface area contributed by atoms with E-state index in [4.69, 9.17) is 4.74 Å². The highest BCUT2D eigenvalue weighted by atomic mass is 32.2. The molecule has 2 aliphatic rings. The lowest BCUT2D eigenvalue weighted by atomic mass is 9.87. The Morgan fingerprint density at radius 2 is 2.03 bits per heavy atom. The normalized spacial score (nSPS) is 20.6. The van der Waals surface area contributed by atoms with Crippen LogP contribution in [0.3, 0.4) is 0 Å². The summed E-state index contributed by atoms with van der Waals surface area (Å²) in [6.07, 6.45) is 1.55. The lowest BCUT2D eigenvalue weighted by Crippen LogP contribution is -2.68. The van der Waals surface area contributed by atoms with Gasteiger partial charge in [-0.25, -0.2) is 13.1 Å². The Kier molecular flexibility index (Phi) is 6.23. The van der Waals surface area contributed by atoms with Crippen molar-refractivity contribution in [3.05, 3.63) is 22.4 Å². The van der Waals surface area contributed by atoms with Gasteiger partial charge < -0.3 is 20.3 Å². The molecular formula is C18H26N4O6S2. The predicted octanol–water partition coefficient (Wildman–Crippen LogP) is -0.708. The quantitative estimate of drug-likeness (QED) is 0.494. The average Bonchev–Trinajstić information content (AvgIpc) is 3.25. The maximum Gasteiger partial charge on any atom is 0.261 e. The third-order valence-corrected chi connectivity index (χ3v) is 6.70. The van der Waals surface area contributed by atoms with Gasteiger partial charge in [0.15, 0.2) is 0 Å². The van der Waals surface area contributed by atoms with Crippen LogP contribution in [0.2, 0.25) is 0 Å². The number of hydrogen-bond donors (Lipinski definition) is 3. The van der Waals surface area contributed by atoms with Crippen molar-refractivity contribution >= 4 is 39.1 Å². The van der Waals surface area contributed by atoms with Crippen molar-refractivity contribution in [2.75, 3.05) is 32.5 Å². The van der Waals surface area contributed by atoms with Gasteiger partial charge in [0.25, 0.3) is 5.91 Å². The van der Waals surface area contributed by atoms with Crippen molar-refractivity contribution in [3.8, 4) is 0 Å². The Morgan fingerprint density at radius 3 is 2.63 bits per heavy atom. The van der Waals surface area contributed by atoms with Gasteiger partial charge >= 0.3 is 0 Å². The van der Waals surface area contributed by atoms with E-state index in [1.807, 2.05) is 0 Å².